The second-order valence-electron chi connectivity index (χ2n) is 5.10. The molecule has 0 saturated carbocycles. The van der Waals surface area contributed by atoms with E-state index in [2.05, 4.69) is 43.1 Å². The fourth-order valence-corrected chi connectivity index (χ4v) is 2.58. The molecule has 3 heteroatoms. The summed E-state index contributed by atoms with van der Waals surface area (Å²) in [6, 6.07) is 12.4. The second-order valence-corrected chi connectivity index (χ2v) is 5.10. The van der Waals surface area contributed by atoms with Crippen LogP contribution in [-0.2, 0) is 6.54 Å². The highest BCUT2D eigenvalue weighted by Gasteiger charge is 2.07. The fraction of sp³-hybridized carbons (Fsp3) is 0.250. The van der Waals surface area contributed by atoms with Crippen LogP contribution in [0.5, 0.6) is 0 Å². The summed E-state index contributed by atoms with van der Waals surface area (Å²) in [5.74, 6) is 0. The van der Waals surface area contributed by atoms with Gasteiger partial charge in [-0.1, -0.05) is 29.8 Å². The molecule has 0 N–H and O–H groups in total. The third kappa shape index (κ3) is 2.24. The number of nitrogens with zero attached hydrogens (tertiary/aromatic N) is 3. The molecule has 3 rings (SSSR count). The Morgan fingerprint density at radius 2 is 1.42 bits per heavy atom. The first kappa shape index (κ1) is 11.9. The zero-order valence-corrected chi connectivity index (χ0v) is 11.5. The fourth-order valence-electron chi connectivity index (χ4n) is 2.58. The maximum absolute atomic E-state index is 4.52. The first-order valence-electron chi connectivity index (χ1n) is 6.50. The lowest BCUT2D eigenvalue weighted by Crippen LogP contribution is -2.07. The summed E-state index contributed by atoms with van der Waals surface area (Å²) in [7, 11) is 0. The van der Waals surface area contributed by atoms with Gasteiger partial charge in [-0.05, 0) is 49.6 Å². The molecule has 96 valence electrons. The van der Waals surface area contributed by atoms with Crippen molar-refractivity contribution in [2.75, 3.05) is 0 Å². The molecule has 1 heterocycles. The molecule has 3 nitrogen and oxygen atoms in total. The van der Waals surface area contributed by atoms with E-state index in [4.69, 9.17) is 0 Å². The van der Waals surface area contributed by atoms with E-state index in [0.717, 1.165) is 17.6 Å². The summed E-state index contributed by atoms with van der Waals surface area (Å²) >= 11 is 0. The van der Waals surface area contributed by atoms with Gasteiger partial charge in [0.15, 0.2) is 0 Å². The van der Waals surface area contributed by atoms with Crippen LogP contribution in [0, 0.1) is 20.8 Å². The quantitative estimate of drug-likeness (QED) is 0.699. The number of hydrogen-bond donors (Lipinski definition) is 0. The van der Waals surface area contributed by atoms with Gasteiger partial charge in [-0.15, -0.1) is 0 Å². The lowest BCUT2D eigenvalue weighted by Gasteiger charge is -2.10. The van der Waals surface area contributed by atoms with Gasteiger partial charge < -0.3 is 0 Å². The monoisotopic (exact) mass is 251 g/mol. The molecule has 0 aliphatic rings. The van der Waals surface area contributed by atoms with Gasteiger partial charge in [0.25, 0.3) is 0 Å². The van der Waals surface area contributed by atoms with Crippen LogP contribution >= 0.6 is 0 Å². The van der Waals surface area contributed by atoms with Gasteiger partial charge in [0.05, 0.1) is 6.54 Å². The number of benzene rings is 2. The van der Waals surface area contributed by atoms with Gasteiger partial charge in [0, 0.05) is 0 Å². The lowest BCUT2D eigenvalue weighted by atomic mass is 10.00. The lowest BCUT2D eigenvalue weighted by molar-refractivity contribution is 0.596. The van der Waals surface area contributed by atoms with Crippen molar-refractivity contribution >= 4 is 11.0 Å². The molecule has 0 fully saturated rings. The Balaban J connectivity index is 2.01. The van der Waals surface area contributed by atoms with Crippen molar-refractivity contribution in [3.05, 3.63) is 58.7 Å². The standard InChI is InChI=1S/C16H17N3/c1-11-8-12(2)14(13(3)9-11)10-19-17-15-6-4-5-7-16(15)18-19/h4-9H,10H2,1-3H3. The molecule has 1 aromatic heterocycles. The Labute approximate surface area is 112 Å². The highest BCUT2D eigenvalue weighted by atomic mass is 15.5. The highest BCUT2D eigenvalue weighted by molar-refractivity contribution is 5.72. The normalized spacial score (nSPS) is 11.1. The van der Waals surface area contributed by atoms with Gasteiger partial charge in [-0.3, -0.25) is 0 Å². The average molecular weight is 251 g/mol. The van der Waals surface area contributed by atoms with Gasteiger partial charge in [-0.25, -0.2) is 0 Å². The van der Waals surface area contributed by atoms with Crippen LogP contribution in [0.3, 0.4) is 0 Å². The van der Waals surface area contributed by atoms with Gasteiger partial charge in [0.2, 0.25) is 0 Å². The second kappa shape index (κ2) is 4.50. The molecule has 0 saturated heterocycles. The Hall–Kier alpha value is -2.16. The zero-order valence-electron chi connectivity index (χ0n) is 11.5. The third-order valence-corrected chi connectivity index (χ3v) is 3.47. The minimum atomic E-state index is 0.729. The average Bonchev–Trinajstić information content (AvgIpc) is 2.76. The molecule has 2 aromatic carbocycles. The third-order valence-electron chi connectivity index (χ3n) is 3.47. The number of rotatable bonds is 2. The van der Waals surface area contributed by atoms with E-state index in [0.29, 0.717) is 0 Å². The first-order chi connectivity index (χ1) is 9.13. The number of fused-ring (bicyclic) bond motifs is 1. The predicted molar refractivity (Wildman–Crippen MR) is 77.3 cm³/mol. The van der Waals surface area contributed by atoms with Crippen molar-refractivity contribution < 1.29 is 0 Å². The number of hydrogen-bond acceptors (Lipinski definition) is 2. The predicted octanol–water partition coefficient (Wildman–Crippen LogP) is 3.40. The molecule has 0 unspecified atom stereocenters. The zero-order chi connectivity index (χ0) is 13.4. The summed E-state index contributed by atoms with van der Waals surface area (Å²) in [5.41, 5.74) is 7.12. The van der Waals surface area contributed by atoms with Crippen LogP contribution in [-0.4, -0.2) is 15.0 Å². The summed E-state index contributed by atoms with van der Waals surface area (Å²) in [6.07, 6.45) is 0. The first-order valence-corrected chi connectivity index (χ1v) is 6.50. The van der Waals surface area contributed by atoms with Crippen LogP contribution < -0.4 is 0 Å². The Morgan fingerprint density at radius 1 is 0.895 bits per heavy atom. The maximum Gasteiger partial charge on any atom is 0.113 e. The van der Waals surface area contributed by atoms with E-state index >= 15 is 0 Å². The molecule has 0 atom stereocenters. The van der Waals surface area contributed by atoms with Crippen molar-refractivity contribution in [1.82, 2.24) is 15.0 Å². The Kier molecular flexibility index (Phi) is 2.82. The molecular formula is C16H17N3. The number of aromatic nitrogens is 3. The molecular weight excluding hydrogens is 234 g/mol. The van der Waals surface area contributed by atoms with Crippen molar-refractivity contribution in [1.29, 1.82) is 0 Å². The van der Waals surface area contributed by atoms with Crippen LogP contribution in [0.15, 0.2) is 36.4 Å². The Bertz CT molecular complexity index is 685. The minimum absolute atomic E-state index is 0.729. The van der Waals surface area contributed by atoms with E-state index in [-0.39, 0.29) is 0 Å². The van der Waals surface area contributed by atoms with E-state index < -0.39 is 0 Å². The molecule has 0 radical (unpaired) electrons. The smallest absolute Gasteiger partial charge is 0.113 e. The van der Waals surface area contributed by atoms with Gasteiger partial charge in [-0.2, -0.15) is 15.0 Å². The molecule has 0 aliphatic heterocycles. The maximum atomic E-state index is 4.52. The minimum Gasteiger partial charge on any atom is -0.179 e. The summed E-state index contributed by atoms with van der Waals surface area (Å²) < 4.78 is 0. The number of aryl methyl sites for hydroxylation is 3. The van der Waals surface area contributed by atoms with E-state index in [9.17, 15) is 0 Å². The molecule has 0 spiro atoms. The molecule has 19 heavy (non-hydrogen) atoms. The van der Waals surface area contributed by atoms with Crippen LogP contribution in [0.4, 0.5) is 0 Å². The topological polar surface area (TPSA) is 30.7 Å². The summed E-state index contributed by atoms with van der Waals surface area (Å²) in [5, 5.41) is 9.04. The van der Waals surface area contributed by atoms with Gasteiger partial charge >= 0.3 is 0 Å². The van der Waals surface area contributed by atoms with Crippen molar-refractivity contribution in [2.24, 2.45) is 0 Å². The molecule has 0 amide bonds. The van der Waals surface area contributed by atoms with Crippen molar-refractivity contribution in [3.8, 4) is 0 Å². The SMILES string of the molecule is Cc1cc(C)c(Cn2nc3ccccc3n2)c(C)c1. The largest absolute Gasteiger partial charge is 0.179 e. The van der Waals surface area contributed by atoms with E-state index in [1.54, 1.807) is 4.80 Å². The molecule has 3 aromatic rings. The van der Waals surface area contributed by atoms with Crippen molar-refractivity contribution in [3.63, 3.8) is 0 Å². The van der Waals surface area contributed by atoms with Crippen LogP contribution in [0.1, 0.15) is 22.3 Å². The Morgan fingerprint density at radius 3 is 1.95 bits per heavy atom. The van der Waals surface area contributed by atoms with Crippen LogP contribution in [0.25, 0.3) is 11.0 Å². The van der Waals surface area contributed by atoms with E-state index in [1.165, 1.54) is 22.3 Å². The van der Waals surface area contributed by atoms with Gasteiger partial charge in [0.1, 0.15) is 11.0 Å². The molecule has 0 aliphatic carbocycles. The molecule has 0 bridgehead atoms. The highest BCUT2D eigenvalue weighted by Crippen LogP contribution is 2.18. The summed E-state index contributed by atoms with van der Waals surface area (Å²) in [6.45, 7) is 7.16. The summed E-state index contributed by atoms with van der Waals surface area (Å²) in [4.78, 5) is 1.79. The van der Waals surface area contributed by atoms with E-state index in [1.807, 2.05) is 24.3 Å². The van der Waals surface area contributed by atoms with Crippen LogP contribution in [0.2, 0.25) is 0 Å². The van der Waals surface area contributed by atoms with Crippen molar-refractivity contribution in [2.45, 2.75) is 27.3 Å².